The molecule has 0 aliphatic carbocycles. The fourth-order valence-corrected chi connectivity index (χ4v) is 3.32. The van der Waals surface area contributed by atoms with E-state index < -0.39 is 4.92 Å². The zero-order chi connectivity index (χ0) is 16.1. The molecule has 1 fully saturated rings. The monoisotopic (exact) mass is 370 g/mol. The second-order valence-corrected chi connectivity index (χ2v) is 6.19. The summed E-state index contributed by atoms with van der Waals surface area (Å²) in [6.07, 6.45) is 2.31. The lowest BCUT2D eigenvalue weighted by Gasteiger charge is -2.33. The van der Waals surface area contributed by atoms with Gasteiger partial charge in [-0.25, -0.2) is 0 Å². The number of non-ortho nitro benzene ring substituents is 1. The van der Waals surface area contributed by atoms with Crippen molar-refractivity contribution in [2.24, 2.45) is 5.92 Å². The Balaban J connectivity index is 1.94. The summed E-state index contributed by atoms with van der Waals surface area (Å²) in [6.45, 7) is 3.90. The summed E-state index contributed by atoms with van der Waals surface area (Å²) < 4.78 is 5.71. The first-order valence-electron chi connectivity index (χ1n) is 7.35. The number of carbonyl (C=O) groups excluding carboxylic acids is 1. The summed E-state index contributed by atoms with van der Waals surface area (Å²) in [4.78, 5) is 24.1. The molecular formula is C15H19BrN2O4. The predicted molar refractivity (Wildman–Crippen MR) is 87.0 cm³/mol. The molecule has 0 saturated carbocycles. The first kappa shape index (κ1) is 16.7. The van der Waals surface area contributed by atoms with Crippen molar-refractivity contribution in [3.05, 3.63) is 32.8 Å². The summed E-state index contributed by atoms with van der Waals surface area (Å²) in [5.41, 5.74) is 1.04. The highest BCUT2D eigenvalue weighted by atomic mass is 79.9. The van der Waals surface area contributed by atoms with Gasteiger partial charge in [-0.05, 0) is 47.7 Å². The van der Waals surface area contributed by atoms with Crippen molar-refractivity contribution in [1.29, 1.82) is 0 Å². The Morgan fingerprint density at radius 2 is 2.14 bits per heavy atom. The van der Waals surface area contributed by atoms with Crippen molar-refractivity contribution in [2.75, 3.05) is 24.6 Å². The Kier molecular flexibility index (Phi) is 5.76. The minimum Gasteiger partial charge on any atom is -0.466 e. The number of benzene rings is 1. The number of nitro groups is 1. The van der Waals surface area contributed by atoms with Crippen molar-refractivity contribution >= 4 is 33.3 Å². The summed E-state index contributed by atoms with van der Waals surface area (Å²) in [5, 5.41) is 10.8. The molecule has 2 rings (SSSR count). The molecule has 0 aromatic heterocycles. The van der Waals surface area contributed by atoms with Crippen molar-refractivity contribution in [2.45, 2.75) is 26.2 Å². The zero-order valence-electron chi connectivity index (χ0n) is 12.5. The second-order valence-electron chi connectivity index (χ2n) is 5.33. The number of anilines is 1. The minimum absolute atomic E-state index is 0.0767. The van der Waals surface area contributed by atoms with Gasteiger partial charge in [0.05, 0.1) is 17.2 Å². The van der Waals surface area contributed by atoms with Crippen LogP contribution in [0.3, 0.4) is 0 Å². The molecule has 0 N–H and O–H groups in total. The number of carbonyl (C=O) groups is 1. The van der Waals surface area contributed by atoms with E-state index in [1.165, 1.54) is 12.1 Å². The predicted octanol–water partition coefficient (Wildman–Crippen LogP) is 3.53. The number of esters is 1. The van der Waals surface area contributed by atoms with Gasteiger partial charge in [-0.15, -0.1) is 0 Å². The number of hydrogen-bond acceptors (Lipinski definition) is 5. The van der Waals surface area contributed by atoms with Gasteiger partial charge in [-0.3, -0.25) is 14.9 Å². The van der Waals surface area contributed by atoms with Crippen molar-refractivity contribution in [1.82, 2.24) is 0 Å². The van der Waals surface area contributed by atoms with Crippen LogP contribution in [-0.4, -0.2) is 30.6 Å². The third-order valence-electron chi connectivity index (χ3n) is 3.86. The van der Waals surface area contributed by atoms with Crippen LogP contribution in [0.5, 0.6) is 0 Å². The first-order valence-corrected chi connectivity index (χ1v) is 8.15. The summed E-state index contributed by atoms with van der Waals surface area (Å²) in [7, 11) is 0. The highest BCUT2D eigenvalue weighted by Crippen LogP contribution is 2.33. The van der Waals surface area contributed by atoms with Gasteiger partial charge < -0.3 is 9.64 Å². The van der Waals surface area contributed by atoms with Crippen molar-refractivity contribution in [3.63, 3.8) is 0 Å². The van der Waals surface area contributed by atoms with E-state index in [0.29, 0.717) is 18.9 Å². The smallest absolute Gasteiger partial charge is 0.306 e. The molecule has 0 bridgehead atoms. The van der Waals surface area contributed by atoms with Crippen LogP contribution in [0.1, 0.15) is 26.2 Å². The van der Waals surface area contributed by atoms with E-state index in [9.17, 15) is 14.9 Å². The number of rotatable bonds is 5. The molecule has 1 saturated heterocycles. The number of halogens is 1. The van der Waals surface area contributed by atoms with E-state index in [-0.39, 0.29) is 11.7 Å². The Morgan fingerprint density at radius 1 is 1.45 bits per heavy atom. The topological polar surface area (TPSA) is 72.7 Å². The van der Waals surface area contributed by atoms with E-state index in [2.05, 4.69) is 20.8 Å². The molecule has 1 aliphatic heterocycles. The molecule has 120 valence electrons. The zero-order valence-corrected chi connectivity index (χ0v) is 14.0. The lowest BCUT2D eigenvalue weighted by molar-refractivity contribution is -0.384. The molecule has 0 unspecified atom stereocenters. The number of nitro benzene ring substituents is 1. The molecule has 1 heterocycles. The molecule has 1 aromatic rings. The van der Waals surface area contributed by atoms with Gasteiger partial charge in [0.25, 0.3) is 5.69 Å². The summed E-state index contributed by atoms with van der Waals surface area (Å²) >= 11 is 3.41. The average Bonchev–Trinajstić information content (AvgIpc) is 2.48. The van der Waals surface area contributed by atoms with Gasteiger partial charge in [0.15, 0.2) is 0 Å². The largest absolute Gasteiger partial charge is 0.466 e. The van der Waals surface area contributed by atoms with E-state index >= 15 is 0 Å². The van der Waals surface area contributed by atoms with Crippen LogP contribution in [0.15, 0.2) is 22.7 Å². The SMILES string of the molecule is CCOC(=O)CC1CCN(c2ccc([N+](=O)[O-])cc2Br)CC1. The molecule has 0 spiro atoms. The highest BCUT2D eigenvalue weighted by molar-refractivity contribution is 9.10. The number of nitrogens with zero attached hydrogens (tertiary/aromatic N) is 2. The quantitative estimate of drug-likeness (QED) is 0.450. The number of piperidine rings is 1. The Bertz CT molecular complexity index is 556. The molecule has 1 aromatic carbocycles. The van der Waals surface area contributed by atoms with Gasteiger partial charge in [0, 0.05) is 36.1 Å². The van der Waals surface area contributed by atoms with Gasteiger partial charge in [-0.2, -0.15) is 0 Å². The van der Waals surface area contributed by atoms with Crippen LogP contribution in [0.25, 0.3) is 0 Å². The lowest BCUT2D eigenvalue weighted by atomic mass is 9.93. The second kappa shape index (κ2) is 7.58. The Morgan fingerprint density at radius 3 is 2.68 bits per heavy atom. The molecule has 6 nitrogen and oxygen atoms in total. The van der Waals surface area contributed by atoms with Gasteiger partial charge >= 0.3 is 5.97 Å². The van der Waals surface area contributed by atoms with Crippen molar-refractivity contribution < 1.29 is 14.5 Å². The molecular weight excluding hydrogens is 352 g/mol. The molecule has 7 heteroatoms. The molecule has 0 radical (unpaired) electrons. The summed E-state index contributed by atoms with van der Waals surface area (Å²) in [5.74, 6) is 0.226. The first-order chi connectivity index (χ1) is 10.5. The van der Waals surface area contributed by atoms with E-state index in [1.54, 1.807) is 6.07 Å². The number of ether oxygens (including phenoxy) is 1. The van der Waals surface area contributed by atoms with Crippen LogP contribution >= 0.6 is 15.9 Å². The molecule has 1 aliphatic rings. The standard InChI is InChI=1S/C15H19BrN2O4/c1-2-22-15(19)9-11-5-7-17(8-6-11)14-4-3-12(18(20)21)10-13(14)16/h3-4,10-11H,2,5-9H2,1H3. The minimum atomic E-state index is -0.403. The third-order valence-corrected chi connectivity index (χ3v) is 4.49. The van der Waals surface area contributed by atoms with Gasteiger partial charge in [0.2, 0.25) is 0 Å². The van der Waals surface area contributed by atoms with Crippen molar-refractivity contribution in [3.8, 4) is 0 Å². The molecule has 0 amide bonds. The highest BCUT2D eigenvalue weighted by Gasteiger charge is 2.23. The number of hydrogen-bond donors (Lipinski definition) is 0. The van der Waals surface area contributed by atoms with Crippen LogP contribution in [0, 0.1) is 16.0 Å². The van der Waals surface area contributed by atoms with Gasteiger partial charge in [0.1, 0.15) is 0 Å². The molecule has 22 heavy (non-hydrogen) atoms. The average molecular weight is 371 g/mol. The normalized spacial score (nSPS) is 15.6. The van der Waals surface area contributed by atoms with Crippen LogP contribution in [0.2, 0.25) is 0 Å². The van der Waals surface area contributed by atoms with E-state index in [1.807, 2.05) is 6.92 Å². The molecule has 0 atom stereocenters. The fourth-order valence-electron chi connectivity index (χ4n) is 2.70. The fraction of sp³-hybridized carbons (Fsp3) is 0.533. The van der Waals surface area contributed by atoms with Gasteiger partial charge in [-0.1, -0.05) is 0 Å². The summed E-state index contributed by atoms with van der Waals surface area (Å²) in [6, 6.07) is 4.82. The van der Waals surface area contributed by atoms with Crippen LogP contribution < -0.4 is 4.90 Å². The lowest BCUT2D eigenvalue weighted by Crippen LogP contribution is -2.34. The Labute approximate surface area is 137 Å². The maximum atomic E-state index is 11.5. The third kappa shape index (κ3) is 4.19. The van der Waals surface area contributed by atoms with Crippen LogP contribution in [-0.2, 0) is 9.53 Å². The van der Waals surface area contributed by atoms with E-state index in [0.717, 1.165) is 36.1 Å². The Hall–Kier alpha value is -1.63. The van der Waals surface area contributed by atoms with E-state index in [4.69, 9.17) is 4.74 Å². The maximum Gasteiger partial charge on any atom is 0.306 e. The maximum absolute atomic E-state index is 11.5. The van der Waals surface area contributed by atoms with Crippen LogP contribution in [0.4, 0.5) is 11.4 Å².